The lowest BCUT2D eigenvalue weighted by molar-refractivity contribution is -0.129. The number of fused-ring (bicyclic) bond motifs is 1. The Labute approximate surface area is 134 Å². The maximum absolute atomic E-state index is 12.4. The molecule has 23 heavy (non-hydrogen) atoms. The Kier molecular flexibility index (Phi) is 5.76. The van der Waals surface area contributed by atoms with Crippen molar-refractivity contribution in [2.24, 2.45) is 0 Å². The predicted octanol–water partition coefficient (Wildman–Crippen LogP) is 2.65. The van der Waals surface area contributed by atoms with Crippen molar-refractivity contribution < 1.29 is 23.5 Å². The molecule has 1 aromatic carbocycles. The summed E-state index contributed by atoms with van der Waals surface area (Å²) in [4.78, 5) is 24.1. The molecule has 0 aliphatic heterocycles. The minimum atomic E-state index is -0.893. The number of furan rings is 1. The Balaban J connectivity index is 2.26. The van der Waals surface area contributed by atoms with E-state index < -0.39 is 12.1 Å². The predicted molar refractivity (Wildman–Crippen MR) is 85.1 cm³/mol. The molecular weight excluding hydrogens is 298 g/mol. The third-order valence-electron chi connectivity index (χ3n) is 3.34. The summed E-state index contributed by atoms with van der Waals surface area (Å²) in [6.07, 6.45) is -0.893. The monoisotopic (exact) mass is 319 g/mol. The summed E-state index contributed by atoms with van der Waals surface area (Å²) < 4.78 is 16.2. The molecule has 0 aliphatic rings. The summed E-state index contributed by atoms with van der Waals surface area (Å²) in [6.45, 7) is 6.43. The number of hydrogen-bond acceptors (Lipinski definition) is 5. The second-order valence-electron chi connectivity index (χ2n) is 4.99. The Morgan fingerprint density at radius 3 is 2.70 bits per heavy atom. The molecule has 1 aromatic heterocycles. The third-order valence-corrected chi connectivity index (χ3v) is 3.34. The fourth-order valence-electron chi connectivity index (χ4n) is 2.20. The maximum atomic E-state index is 12.4. The fraction of sp³-hybridized carbons (Fsp3) is 0.412. The zero-order chi connectivity index (χ0) is 16.8. The van der Waals surface area contributed by atoms with Gasteiger partial charge in [0.15, 0.2) is 6.10 Å². The number of ether oxygens (including phenoxy) is 2. The number of nitrogens with one attached hydrogen (secondary N) is 1. The first kappa shape index (κ1) is 17.0. The lowest BCUT2D eigenvalue weighted by Crippen LogP contribution is -2.35. The van der Waals surface area contributed by atoms with Gasteiger partial charge in [-0.2, -0.15) is 0 Å². The van der Waals surface area contributed by atoms with Crippen LogP contribution in [0.5, 0.6) is 0 Å². The molecule has 0 aliphatic carbocycles. The Morgan fingerprint density at radius 1 is 1.26 bits per heavy atom. The highest BCUT2D eigenvalue weighted by Gasteiger charge is 2.25. The topological polar surface area (TPSA) is 77.8 Å². The lowest BCUT2D eigenvalue weighted by Gasteiger charge is -2.12. The van der Waals surface area contributed by atoms with Gasteiger partial charge < -0.3 is 19.2 Å². The van der Waals surface area contributed by atoms with Crippen molar-refractivity contribution in [2.45, 2.75) is 33.5 Å². The average molecular weight is 319 g/mol. The maximum Gasteiger partial charge on any atom is 0.375 e. The molecule has 0 fully saturated rings. The smallest absolute Gasteiger partial charge is 0.375 e. The van der Waals surface area contributed by atoms with E-state index in [1.807, 2.05) is 25.1 Å². The molecule has 0 bridgehead atoms. The number of amides is 1. The second-order valence-corrected chi connectivity index (χ2v) is 4.99. The fourth-order valence-corrected chi connectivity index (χ4v) is 2.20. The summed E-state index contributed by atoms with van der Waals surface area (Å²) >= 11 is 0. The minimum absolute atomic E-state index is 0.0794. The van der Waals surface area contributed by atoms with Crippen molar-refractivity contribution in [3.05, 3.63) is 35.6 Å². The molecule has 2 rings (SSSR count). The van der Waals surface area contributed by atoms with Crippen LogP contribution in [0.2, 0.25) is 0 Å². The van der Waals surface area contributed by atoms with Gasteiger partial charge in [-0.3, -0.25) is 4.79 Å². The quantitative estimate of drug-likeness (QED) is 0.794. The van der Waals surface area contributed by atoms with Crippen molar-refractivity contribution in [1.82, 2.24) is 5.32 Å². The van der Waals surface area contributed by atoms with Crippen molar-refractivity contribution in [2.75, 3.05) is 13.2 Å². The van der Waals surface area contributed by atoms with Gasteiger partial charge in [0.25, 0.3) is 5.91 Å². The Bertz CT molecular complexity index is 691. The van der Waals surface area contributed by atoms with Crippen LogP contribution >= 0.6 is 0 Å². The largest absolute Gasteiger partial charge is 0.449 e. The van der Waals surface area contributed by atoms with Crippen LogP contribution in [0.15, 0.2) is 28.7 Å². The van der Waals surface area contributed by atoms with Gasteiger partial charge in [-0.05, 0) is 26.8 Å². The summed E-state index contributed by atoms with van der Waals surface area (Å²) in [7, 11) is 0. The van der Waals surface area contributed by atoms with E-state index in [1.54, 1.807) is 13.0 Å². The first-order valence-electron chi connectivity index (χ1n) is 7.65. The van der Waals surface area contributed by atoms with Gasteiger partial charge in [0.05, 0.1) is 6.61 Å². The number of carbonyl (C=O) groups excluding carboxylic acids is 2. The van der Waals surface area contributed by atoms with Crippen molar-refractivity contribution in [3.63, 3.8) is 0 Å². The first-order chi connectivity index (χ1) is 11.1. The Morgan fingerprint density at radius 2 is 2.00 bits per heavy atom. The molecule has 1 amide bonds. The third kappa shape index (κ3) is 3.90. The highest BCUT2D eigenvalue weighted by atomic mass is 16.6. The number of para-hydroxylation sites is 1. The molecule has 6 heteroatoms. The zero-order valence-corrected chi connectivity index (χ0v) is 13.5. The van der Waals surface area contributed by atoms with E-state index in [0.717, 1.165) is 5.39 Å². The van der Waals surface area contributed by atoms with E-state index in [1.165, 1.54) is 6.92 Å². The molecule has 124 valence electrons. The van der Waals surface area contributed by atoms with Crippen LogP contribution in [0.25, 0.3) is 11.0 Å². The molecule has 0 spiro atoms. The van der Waals surface area contributed by atoms with Crippen LogP contribution < -0.4 is 5.32 Å². The van der Waals surface area contributed by atoms with Crippen LogP contribution in [0.3, 0.4) is 0 Å². The van der Waals surface area contributed by atoms with Gasteiger partial charge in [0.1, 0.15) is 5.58 Å². The molecule has 2 aromatic rings. The van der Waals surface area contributed by atoms with Crippen LogP contribution in [-0.2, 0) is 20.9 Å². The van der Waals surface area contributed by atoms with E-state index in [-0.39, 0.29) is 18.3 Å². The lowest BCUT2D eigenvalue weighted by atomic mass is 10.1. The SMILES string of the molecule is CCNC(=O)[C@@H](C)OC(=O)c1oc2ccccc2c1COCC. The molecule has 0 saturated heterocycles. The van der Waals surface area contributed by atoms with Crippen molar-refractivity contribution >= 4 is 22.8 Å². The van der Waals surface area contributed by atoms with Crippen molar-refractivity contribution in [1.29, 1.82) is 0 Å². The van der Waals surface area contributed by atoms with Crippen LogP contribution in [0, 0.1) is 0 Å². The zero-order valence-electron chi connectivity index (χ0n) is 13.5. The number of rotatable bonds is 7. The number of carbonyl (C=O) groups is 2. The molecule has 6 nitrogen and oxygen atoms in total. The highest BCUT2D eigenvalue weighted by molar-refractivity contribution is 5.97. The standard InChI is InChI=1S/C17H21NO5/c1-4-18-16(19)11(3)22-17(20)15-13(10-21-5-2)12-8-6-7-9-14(12)23-15/h6-9,11H,4-5,10H2,1-3H3,(H,18,19)/t11-/m1/s1. The number of esters is 1. The Hall–Kier alpha value is -2.34. The van der Waals surface area contributed by atoms with Gasteiger partial charge >= 0.3 is 5.97 Å². The van der Waals surface area contributed by atoms with Gasteiger partial charge in [-0.15, -0.1) is 0 Å². The minimum Gasteiger partial charge on any atom is -0.449 e. The summed E-state index contributed by atoms with van der Waals surface area (Å²) in [5.74, 6) is -0.936. The van der Waals surface area contributed by atoms with E-state index in [0.29, 0.717) is 24.3 Å². The van der Waals surface area contributed by atoms with E-state index in [4.69, 9.17) is 13.9 Å². The normalized spacial score (nSPS) is 12.1. The van der Waals surface area contributed by atoms with Gasteiger partial charge in [0.2, 0.25) is 5.76 Å². The van der Waals surface area contributed by atoms with E-state index in [9.17, 15) is 9.59 Å². The molecular formula is C17H21NO5. The molecule has 0 saturated carbocycles. The van der Waals surface area contributed by atoms with Crippen LogP contribution in [-0.4, -0.2) is 31.1 Å². The summed E-state index contributed by atoms with van der Waals surface area (Å²) in [6, 6.07) is 7.31. The van der Waals surface area contributed by atoms with Gasteiger partial charge in [0, 0.05) is 24.1 Å². The van der Waals surface area contributed by atoms with E-state index in [2.05, 4.69) is 5.32 Å². The average Bonchev–Trinajstić information content (AvgIpc) is 2.91. The van der Waals surface area contributed by atoms with Gasteiger partial charge in [-0.1, -0.05) is 18.2 Å². The number of hydrogen-bond donors (Lipinski definition) is 1. The van der Waals surface area contributed by atoms with Gasteiger partial charge in [-0.25, -0.2) is 4.79 Å². The van der Waals surface area contributed by atoms with Crippen LogP contribution in [0.4, 0.5) is 0 Å². The second kappa shape index (κ2) is 7.78. The number of benzene rings is 1. The van der Waals surface area contributed by atoms with E-state index >= 15 is 0 Å². The first-order valence-corrected chi connectivity index (χ1v) is 7.65. The molecule has 0 radical (unpaired) electrons. The number of likely N-dealkylation sites (N-methyl/N-ethyl adjacent to an activating group) is 1. The molecule has 1 N–H and O–H groups in total. The van der Waals surface area contributed by atoms with Crippen LogP contribution in [0.1, 0.15) is 36.9 Å². The molecule has 1 heterocycles. The van der Waals surface area contributed by atoms with Crippen molar-refractivity contribution in [3.8, 4) is 0 Å². The molecule has 0 unspecified atom stereocenters. The summed E-state index contributed by atoms with van der Waals surface area (Å²) in [5.41, 5.74) is 1.22. The highest BCUT2D eigenvalue weighted by Crippen LogP contribution is 2.27. The summed E-state index contributed by atoms with van der Waals surface area (Å²) in [5, 5.41) is 3.41. The molecule has 1 atom stereocenters.